The topological polar surface area (TPSA) is 318 Å². The van der Waals surface area contributed by atoms with E-state index in [-0.39, 0.29) is 22.5 Å². The molecule has 5 heterocycles. The van der Waals surface area contributed by atoms with Crippen molar-refractivity contribution in [1.82, 2.24) is 19.5 Å². The molecule has 0 spiro atoms. The third-order valence-electron chi connectivity index (χ3n) is 6.75. The molecule has 5 rings (SSSR count). The number of pyridine rings is 1. The number of ether oxygens (including phenoxy) is 2. The van der Waals surface area contributed by atoms with Gasteiger partial charge in [-0.15, -0.1) is 0 Å². The minimum atomic E-state index is -5.37. The minimum absolute atomic E-state index is 0.0505. The second-order valence-corrected chi connectivity index (χ2v) is 12.7. The number of imidazole rings is 1. The summed E-state index contributed by atoms with van der Waals surface area (Å²) in [5.41, 5.74) is 11.4. The van der Waals surface area contributed by atoms with E-state index in [1.165, 1.54) is 40.0 Å². The first kappa shape index (κ1) is 32.4. The number of amides is 1. The number of anilines is 1. The molecule has 0 radical (unpaired) electrons. The van der Waals surface area contributed by atoms with Crippen molar-refractivity contribution in [3.63, 3.8) is 0 Å². The summed E-state index contributed by atoms with van der Waals surface area (Å²) in [7, 11) is -10.7. The molecule has 1 amide bonds. The molecule has 10 atom stereocenters. The number of aliphatic hydroxyl groups excluding tert-OH is 4. The van der Waals surface area contributed by atoms with E-state index in [4.69, 9.17) is 25.5 Å². The number of phosphoric ester groups is 2. The summed E-state index contributed by atoms with van der Waals surface area (Å²) in [5.74, 6) is -0.714. The lowest BCUT2D eigenvalue weighted by molar-refractivity contribution is -0.765. The van der Waals surface area contributed by atoms with E-state index in [1.54, 1.807) is 0 Å². The van der Waals surface area contributed by atoms with Crippen molar-refractivity contribution in [2.45, 2.75) is 49.1 Å². The van der Waals surface area contributed by atoms with Crippen molar-refractivity contribution in [3.05, 3.63) is 42.7 Å². The van der Waals surface area contributed by atoms with Crippen LogP contribution in [0.3, 0.4) is 0 Å². The predicted molar refractivity (Wildman–Crippen MR) is 139 cm³/mol. The van der Waals surface area contributed by atoms with Crippen LogP contribution in [0.15, 0.2) is 37.2 Å². The molecule has 3 aromatic heterocycles. The van der Waals surface area contributed by atoms with Gasteiger partial charge in [-0.2, -0.15) is 8.88 Å². The number of aliphatic hydroxyl groups is 4. The number of nitrogen functional groups attached to an aromatic ring is 1. The van der Waals surface area contributed by atoms with Gasteiger partial charge in [0.1, 0.15) is 47.9 Å². The Bertz CT molecular complexity index is 1630. The molecule has 2 aliphatic heterocycles. The van der Waals surface area contributed by atoms with E-state index in [0.29, 0.717) is 0 Å². The van der Waals surface area contributed by atoms with Crippen LogP contribution >= 0.6 is 15.6 Å². The van der Waals surface area contributed by atoms with Gasteiger partial charge in [-0.25, -0.2) is 24.1 Å². The van der Waals surface area contributed by atoms with Crippen LogP contribution in [0.1, 0.15) is 22.8 Å². The first-order valence-electron chi connectivity index (χ1n) is 12.6. The minimum Gasteiger partial charge on any atom is -0.387 e. The van der Waals surface area contributed by atoms with Crippen LogP contribution in [0.4, 0.5) is 5.82 Å². The van der Waals surface area contributed by atoms with Gasteiger partial charge in [0, 0.05) is 6.07 Å². The Morgan fingerprint density at radius 3 is 2.27 bits per heavy atom. The standard InChI is InChI=1S/C21H27N7O14P2/c22-17-12-19(25-7-24-17)28(8-26-12)21-16(32)14(30)11(41-21)6-39-44(36,37)42-43(34,35)38-5-10-13(29)15(31)20(40-10)27-3-1-2-9(4-27)18(23)33/h1-4,7-8,10-11,13-16,20-21,29-32H,5-6H2,(H5-,22,23,24,25,33,34,35,36,37)/p+1/t10-,11-,13+,14+,15+,16+,20-,21+/m1/s1. The lowest BCUT2D eigenvalue weighted by Gasteiger charge is -2.20. The molecule has 21 nitrogen and oxygen atoms in total. The summed E-state index contributed by atoms with van der Waals surface area (Å²) >= 11 is 0. The fourth-order valence-electron chi connectivity index (χ4n) is 4.58. The second kappa shape index (κ2) is 12.4. The van der Waals surface area contributed by atoms with Crippen LogP contribution in [0.2, 0.25) is 0 Å². The Balaban J connectivity index is 1.16. The molecular formula is C21H28N7O14P2+. The largest absolute Gasteiger partial charge is 0.481 e. The van der Waals surface area contributed by atoms with E-state index in [0.717, 1.165) is 6.33 Å². The number of hydrogen-bond acceptors (Lipinski definition) is 16. The highest BCUT2D eigenvalue weighted by Crippen LogP contribution is 2.60. The Hall–Kier alpha value is -3.01. The van der Waals surface area contributed by atoms with Crippen molar-refractivity contribution < 1.29 is 71.5 Å². The van der Waals surface area contributed by atoms with Crippen molar-refractivity contribution in [3.8, 4) is 0 Å². The molecule has 2 unspecified atom stereocenters. The number of fused-ring (bicyclic) bond motifs is 1. The molecule has 2 saturated heterocycles. The number of nitrogens with two attached hydrogens (primary N) is 2. The zero-order valence-electron chi connectivity index (χ0n) is 22.2. The number of hydrogen-bond donors (Lipinski definition) is 8. The first-order chi connectivity index (χ1) is 20.7. The summed E-state index contributed by atoms with van der Waals surface area (Å²) in [6.45, 7) is -1.80. The summed E-state index contributed by atoms with van der Waals surface area (Å²) in [6.07, 6.45) is -6.85. The number of aromatic nitrogens is 5. The number of phosphoric acid groups is 2. The van der Waals surface area contributed by atoms with Crippen molar-refractivity contribution >= 4 is 38.5 Å². The van der Waals surface area contributed by atoms with Gasteiger partial charge in [0.25, 0.3) is 12.1 Å². The van der Waals surface area contributed by atoms with E-state index < -0.39 is 83.8 Å². The third kappa shape index (κ3) is 6.65. The molecule has 0 bridgehead atoms. The second-order valence-electron chi connectivity index (χ2n) is 9.69. The van der Waals surface area contributed by atoms with Crippen molar-refractivity contribution in [2.24, 2.45) is 5.73 Å². The fourth-order valence-corrected chi connectivity index (χ4v) is 6.67. The van der Waals surface area contributed by atoms with Crippen molar-refractivity contribution in [2.75, 3.05) is 18.9 Å². The van der Waals surface area contributed by atoms with Crippen molar-refractivity contribution in [1.29, 1.82) is 0 Å². The van der Waals surface area contributed by atoms with Crippen LogP contribution in [0.5, 0.6) is 0 Å². The van der Waals surface area contributed by atoms with Crippen LogP contribution in [0, 0.1) is 0 Å². The van der Waals surface area contributed by atoms with Crippen LogP contribution in [-0.2, 0) is 32.0 Å². The first-order valence-corrected chi connectivity index (χ1v) is 15.6. The smallest absolute Gasteiger partial charge is 0.387 e. The van der Waals surface area contributed by atoms with Gasteiger partial charge in [0.15, 0.2) is 36.2 Å². The van der Waals surface area contributed by atoms with Gasteiger partial charge < -0.3 is 51.2 Å². The van der Waals surface area contributed by atoms with Crippen LogP contribution in [0.25, 0.3) is 11.2 Å². The van der Waals surface area contributed by atoms with Gasteiger partial charge in [-0.3, -0.25) is 18.4 Å². The van der Waals surface area contributed by atoms with Gasteiger partial charge in [0.2, 0.25) is 0 Å². The summed E-state index contributed by atoms with van der Waals surface area (Å²) in [5, 5.41) is 41.6. The maximum atomic E-state index is 12.4. The van der Waals surface area contributed by atoms with Gasteiger partial charge in [0.05, 0.1) is 19.5 Å². The molecule has 3 aromatic rings. The normalized spacial score (nSPS) is 31.6. The number of carbonyl (C=O) groups excluding carboxylic acids is 1. The third-order valence-corrected chi connectivity index (χ3v) is 9.35. The number of nitrogens with zero attached hydrogens (tertiary/aromatic N) is 5. The zero-order chi connectivity index (χ0) is 32.0. The predicted octanol–water partition coefficient (Wildman–Crippen LogP) is -3.02. The molecule has 44 heavy (non-hydrogen) atoms. The molecule has 240 valence electrons. The molecule has 0 saturated carbocycles. The Morgan fingerprint density at radius 2 is 1.61 bits per heavy atom. The number of rotatable bonds is 11. The Labute approximate surface area is 246 Å². The molecule has 2 aliphatic rings. The number of primary amides is 1. The van der Waals surface area contributed by atoms with Gasteiger partial charge in [-0.1, -0.05) is 0 Å². The highest BCUT2D eigenvalue weighted by atomic mass is 31.3. The summed E-state index contributed by atoms with van der Waals surface area (Å²) in [6, 6.07) is 2.83. The van der Waals surface area contributed by atoms with E-state index in [9.17, 15) is 44.1 Å². The highest BCUT2D eigenvalue weighted by molar-refractivity contribution is 7.61. The SMILES string of the molecule is NC(=O)c1ccc[n+]([C@@H]2O[C@H](COP(=O)(O)OP(=O)(O)OC[C@H]3O[C@H](n4cnc5c(N)ncnc54)[C@@H](O)[C@H]3O)[C@H](O)[C@@H]2O)c1. The fraction of sp³-hybridized carbons (Fsp3) is 0.476. The quantitative estimate of drug-likeness (QED) is 0.0747. The molecule has 0 aliphatic carbocycles. The lowest BCUT2D eigenvalue weighted by atomic mass is 10.1. The molecular weight excluding hydrogens is 636 g/mol. The van der Waals surface area contributed by atoms with E-state index >= 15 is 0 Å². The monoisotopic (exact) mass is 664 g/mol. The molecule has 10 N–H and O–H groups in total. The van der Waals surface area contributed by atoms with E-state index in [1.807, 2.05) is 0 Å². The average molecular weight is 664 g/mol. The summed E-state index contributed by atoms with van der Waals surface area (Å²) < 4.78 is 52.0. The maximum Gasteiger partial charge on any atom is 0.481 e. The van der Waals surface area contributed by atoms with Crippen LogP contribution < -0.4 is 16.0 Å². The molecule has 23 heteroatoms. The molecule has 0 aromatic carbocycles. The van der Waals surface area contributed by atoms with Gasteiger partial charge >= 0.3 is 15.6 Å². The average Bonchev–Trinajstić information content (AvgIpc) is 3.61. The van der Waals surface area contributed by atoms with E-state index in [2.05, 4.69) is 23.8 Å². The summed E-state index contributed by atoms with van der Waals surface area (Å²) in [4.78, 5) is 43.3. The number of carbonyl (C=O) groups is 1. The highest BCUT2D eigenvalue weighted by Gasteiger charge is 2.50. The lowest BCUT2D eigenvalue weighted by Crippen LogP contribution is -2.46. The Kier molecular flexibility index (Phi) is 9.13. The Morgan fingerprint density at radius 1 is 0.977 bits per heavy atom. The van der Waals surface area contributed by atoms with Crippen LogP contribution in [-0.4, -0.2) is 105 Å². The maximum absolute atomic E-state index is 12.4. The zero-order valence-corrected chi connectivity index (χ0v) is 24.0. The molecule has 2 fully saturated rings. The van der Waals surface area contributed by atoms with Gasteiger partial charge in [-0.05, 0) is 6.07 Å².